The number of anilines is 6. The van der Waals surface area contributed by atoms with E-state index >= 15 is 0 Å². The monoisotopic (exact) mass is 1590 g/mol. The van der Waals surface area contributed by atoms with Crippen molar-refractivity contribution < 1.29 is 18.9 Å². The molecule has 1 N–H and O–H groups in total. The largest absolute Gasteiger partial charge is 0.453 e. The third-order valence-electron chi connectivity index (χ3n) is 23.7. The number of nitrogens with zero attached hydrogens (tertiary/aromatic N) is 5. The zero-order valence-electron chi connectivity index (χ0n) is 63.9. The molecule has 4 aliphatic rings. The van der Waals surface area contributed by atoms with Crippen LogP contribution in [0.2, 0.25) is 0 Å². The van der Waals surface area contributed by atoms with Crippen molar-refractivity contribution in [1.29, 1.82) is 0 Å². The van der Waals surface area contributed by atoms with E-state index in [0.717, 1.165) is 113 Å². The Labute approximate surface area is 692 Å². The highest BCUT2D eigenvalue weighted by Crippen LogP contribution is 2.62. The maximum absolute atomic E-state index is 6.67. The summed E-state index contributed by atoms with van der Waals surface area (Å²) in [4.78, 5) is 8.02. The summed E-state index contributed by atoms with van der Waals surface area (Å²) in [7, 11) is 0. The highest BCUT2D eigenvalue weighted by molar-refractivity contribution is 9.10. The molecule has 0 amide bonds. The number of fused-ring (bicyclic) bond motifs is 20. The quantitative estimate of drug-likeness (QED) is 0.171. The Morgan fingerprint density at radius 3 is 0.891 bits per heavy atom. The number of aromatic amines is 1. The van der Waals surface area contributed by atoms with Crippen LogP contribution >= 0.6 is 15.9 Å². The van der Waals surface area contributed by atoms with Crippen molar-refractivity contribution >= 4 is 137 Å². The van der Waals surface area contributed by atoms with E-state index in [-0.39, 0.29) is 0 Å². The summed E-state index contributed by atoms with van der Waals surface area (Å²) < 4.78 is 33.5. The van der Waals surface area contributed by atoms with E-state index < -0.39 is 0 Å². The van der Waals surface area contributed by atoms with Crippen LogP contribution < -0.4 is 28.7 Å². The van der Waals surface area contributed by atoms with E-state index in [1.807, 2.05) is 72.8 Å². The first-order valence-electron chi connectivity index (χ1n) is 40.0. The number of aromatic nitrogens is 4. The van der Waals surface area contributed by atoms with Gasteiger partial charge in [-0.2, -0.15) is 0 Å². The van der Waals surface area contributed by atoms with E-state index in [1.54, 1.807) is 0 Å². The van der Waals surface area contributed by atoms with Crippen molar-refractivity contribution in [2.45, 2.75) is 0 Å². The molecule has 0 atom stereocenters. The molecule has 8 heterocycles. The smallest absolute Gasteiger partial charge is 0.157 e. The van der Waals surface area contributed by atoms with Gasteiger partial charge in [0.15, 0.2) is 46.0 Å². The molecule has 0 saturated carbocycles. The number of hydrogen-bond donors (Lipinski definition) is 1. The number of hydrogen-bond acceptors (Lipinski definition) is 6. The van der Waals surface area contributed by atoms with Crippen LogP contribution in [0.25, 0.3) is 149 Å². The van der Waals surface area contributed by atoms with Crippen molar-refractivity contribution in [2.24, 2.45) is 0 Å². The molecule has 10 nitrogen and oxygen atoms in total. The number of benzene rings is 18. The topological polar surface area (TPSA) is 74.0 Å². The fourth-order valence-corrected chi connectivity index (χ4v) is 18.7. The third kappa shape index (κ3) is 11.2. The molecule has 26 rings (SSSR count). The van der Waals surface area contributed by atoms with Crippen molar-refractivity contribution in [3.8, 4) is 108 Å². The Kier molecular flexibility index (Phi) is 15.6. The minimum Gasteiger partial charge on any atom is -0.453 e. The summed E-state index contributed by atoms with van der Waals surface area (Å²) in [5.74, 6) is 6.40. The molecule has 0 saturated heterocycles. The van der Waals surface area contributed by atoms with Gasteiger partial charge in [0.25, 0.3) is 0 Å². The summed E-state index contributed by atoms with van der Waals surface area (Å²) in [6.45, 7) is 0. The van der Waals surface area contributed by atoms with E-state index in [4.69, 9.17) is 18.9 Å². The number of ether oxygens (including phenoxy) is 4. The van der Waals surface area contributed by atoms with Gasteiger partial charge in [0.05, 0.1) is 61.5 Å². The van der Waals surface area contributed by atoms with Gasteiger partial charge in [0, 0.05) is 82.1 Å². The maximum Gasteiger partial charge on any atom is 0.157 e. The van der Waals surface area contributed by atoms with Crippen LogP contribution in [0.1, 0.15) is 0 Å². The summed E-state index contributed by atoms with van der Waals surface area (Å²) in [5, 5.41) is 9.87. The third-order valence-corrected chi connectivity index (χ3v) is 24.1. The SMILES string of the molecule is Brc1cc2c3c(c1)Oc1ccccc1N3c1ccccc1O2.c1ccc(-c2ccc3c(c2)c2cc(-c4ccc5[nH]c6ccccc6c5c4)ccc2n3-c2ccccc2)cc1.c1ccc(-c2ccc3c(c2)c2cc(-c4ccc5c(c4)c4ccccc4n5-c4cc5c6c(c4)Oc4ccccc4N6c4ccccc4O5)ccc2n3-c2ccccc2)cc1. The molecular weight excluding hydrogens is 1530 g/mol. The van der Waals surface area contributed by atoms with Gasteiger partial charge in [-0.15, -0.1) is 0 Å². The molecule has 560 valence electrons. The first-order valence-corrected chi connectivity index (χ1v) is 40.8. The predicted octanol–water partition coefficient (Wildman–Crippen LogP) is 30.8. The van der Waals surface area contributed by atoms with Gasteiger partial charge in [0.1, 0.15) is 11.4 Å². The van der Waals surface area contributed by atoms with Crippen molar-refractivity contribution in [3.05, 3.63) is 405 Å². The Morgan fingerprint density at radius 2 is 0.479 bits per heavy atom. The first-order chi connectivity index (χ1) is 58.9. The Morgan fingerprint density at radius 1 is 0.193 bits per heavy atom. The second-order valence-corrected chi connectivity index (χ2v) is 31.4. The molecule has 0 aliphatic carbocycles. The number of para-hydroxylation sites is 12. The van der Waals surface area contributed by atoms with Gasteiger partial charge in [-0.3, -0.25) is 9.80 Å². The average molecular weight is 1590 g/mol. The van der Waals surface area contributed by atoms with Crippen LogP contribution in [-0.4, -0.2) is 18.7 Å². The minimum absolute atomic E-state index is 0.756. The van der Waals surface area contributed by atoms with Gasteiger partial charge in [-0.1, -0.05) is 234 Å². The normalized spacial score (nSPS) is 12.5. The molecule has 22 aromatic rings. The van der Waals surface area contributed by atoms with E-state index in [2.05, 4.69) is 372 Å². The molecule has 119 heavy (non-hydrogen) atoms. The lowest BCUT2D eigenvalue weighted by Gasteiger charge is -2.38. The second kappa shape index (κ2) is 27.3. The zero-order chi connectivity index (χ0) is 78.3. The van der Waals surface area contributed by atoms with Gasteiger partial charge >= 0.3 is 0 Å². The van der Waals surface area contributed by atoms with Crippen molar-refractivity contribution in [1.82, 2.24) is 18.7 Å². The van der Waals surface area contributed by atoms with Gasteiger partial charge in [-0.25, -0.2) is 0 Å². The molecule has 0 spiro atoms. The summed E-state index contributed by atoms with van der Waals surface area (Å²) in [6.07, 6.45) is 0. The van der Waals surface area contributed by atoms with Gasteiger partial charge in [0.2, 0.25) is 0 Å². The molecule has 4 aromatic heterocycles. The van der Waals surface area contributed by atoms with Crippen molar-refractivity contribution in [2.75, 3.05) is 9.80 Å². The van der Waals surface area contributed by atoms with E-state index in [9.17, 15) is 0 Å². The Bertz CT molecular complexity index is 7760. The Hall–Kier alpha value is -15.6. The van der Waals surface area contributed by atoms with Crippen LogP contribution in [-0.2, 0) is 0 Å². The number of H-pyrrole nitrogens is 1. The molecular formula is C108H67BrN6O4. The van der Waals surface area contributed by atoms with E-state index in [0.29, 0.717) is 0 Å². The molecule has 0 bridgehead atoms. The van der Waals surface area contributed by atoms with Crippen LogP contribution in [0.15, 0.2) is 405 Å². The predicted molar refractivity (Wildman–Crippen MR) is 491 cm³/mol. The molecule has 0 unspecified atom stereocenters. The van der Waals surface area contributed by atoms with Crippen LogP contribution in [0.4, 0.5) is 34.1 Å². The number of rotatable bonds is 7. The lowest BCUT2D eigenvalue weighted by molar-refractivity contribution is 0.445. The fraction of sp³-hybridized carbons (Fsp3) is 0. The standard InChI is InChI=1S/C54H33N3O2.C36H24N2.C18H10BrNO2/c1-3-13-34(14-4-1)35-23-26-46-42(29-35)43-31-37(25-28-47(43)55(46)38-15-5-2-6-16-38)36-24-27-45-41(30-36)40-17-7-8-18-44(40)56(45)39-32-52-54-53(33-39)59-51-22-12-10-20-49(51)57(54)48-19-9-11-21-50(48)58-52;1-3-9-24(10-4-1)25-16-19-35-31(22-25)32-23-27(17-20-36(32)38(35)28-11-5-2-6-12-28)26-15-18-34-30(21-26)29-13-7-8-14-33(29)37-34;19-11-9-16-18-17(10-11)22-15-8-4-2-6-13(15)20(18)12-5-1-3-7-14(12)21-16/h1-33H;1-23,37H;1-10H. The summed E-state index contributed by atoms with van der Waals surface area (Å²) >= 11 is 3.53. The summed E-state index contributed by atoms with van der Waals surface area (Å²) in [5.41, 5.74) is 28.2. The molecule has 11 heteroatoms. The van der Waals surface area contributed by atoms with Gasteiger partial charge in [-0.05, 0) is 214 Å². The Balaban J connectivity index is 0.000000114. The lowest BCUT2D eigenvalue weighted by atomic mass is 9.99. The van der Waals surface area contributed by atoms with Crippen LogP contribution in [0, 0.1) is 0 Å². The van der Waals surface area contributed by atoms with E-state index in [1.165, 1.54) is 121 Å². The zero-order valence-corrected chi connectivity index (χ0v) is 65.4. The highest BCUT2D eigenvalue weighted by Gasteiger charge is 2.37. The van der Waals surface area contributed by atoms with Crippen LogP contribution in [0.5, 0.6) is 46.0 Å². The molecule has 18 aromatic carbocycles. The van der Waals surface area contributed by atoms with Crippen LogP contribution in [0.3, 0.4) is 0 Å². The van der Waals surface area contributed by atoms with Gasteiger partial charge < -0.3 is 37.6 Å². The number of halogens is 1. The number of nitrogens with one attached hydrogen (secondary N) is 1. The maximum atomic E-state index is 6.67. The lowest BCUT2D eigenvalue weighted by Crippen LogP contribution is -2.20. The average Bonchev–Trinajstić information content (AvgIpc) is 1.25. The molecule has 4 aliphatic heterocycles. The first kappa shape index (κ1) is 67.9. The molecule has 0 fully saturated rings. The fourth-order valence-electron chi connectivity index (χ4n) is 18.3. The highest BCUT2D eigenvalue weighted by atomic mass is 79.9. The second-order valence-electron chi connectivity index (χ2n) is 30.5. The molecule has 0 radical (unpaired) electrons. The van der Waals surface area contributed by atoms with Crippen molar-refractivity contribution in [3.63, 3.8) is 0 Å². The summed E-state index contributed by atoms with van der Waals surface area (Å²) in [6, 6.07) is 142. The minimum atomic E-state index is 0.756.